The molecule has 10 heteroatoms. The molecule has 3 aromatic rings. The quantitative estimate of drug-likeness (QED) is 0.614. The number of hydrogen-bond donors (Lipinski definition) is 1. The van der Waals surface area contributed by atoms with Crippen molar-refractivity contribution in [2.24, 2.45) is 0 Å². The first-order valence-corrected chi connectivity index (χ1v) is 8.37. The number of nitrogens with zero attached hydrogens (tertiary/aromatic N) is 1. The van der Waals surface area contributed by atoms with Crippen molar-refractivity contribution in [1.29, 1.82) is 0 Å². The van der Waals surface area contributed by atoms with Crippen LogP contribution < -0.4 is 10.3 Å². The first kappa shape index (κ1) is 20.8. The number of aliphatic hydroxyl groups is 1. The van der Waals surface area contributed by atoms with Gasteiger partial charge in [0.2, 0.25) is 0 Å². The van der Waals surface area contributed by atoms with E-state index in [-0.39, 0.29) is 17.0 Å². The van der Waals surface area contributed by atoms with Gasteiger partial charge in [0.15, 0.2) is 11.6 Å². The summed E-state index contributed by atoms with van der Waals surface area (Å²) < 4.78 is 73.8. The molecular formula is C19H11ClF5NO3. The van der Waals surface area contributed by atoms with Gasteiger partial charge in [0.25, 0.3) is 5.56 Å². The number of rotatable bonds is 5. The van der Waals surface area contributed by atoms with E-state index in [0.717, 1.165) is 18.2 Å². The van der Waals surface area contributed by atoms with Crippen LogP contribution in [0.3, 0.4) is 0 Å². The summed E-state index contributed by atoms with van der Waals surface area (Å²) in [5.41, 5.74) is -2.46. The van der Waals surface area contributed by atoms with E-state index >= 15 is 0 Å². The molecule has 4 nitrogen and oxygen atoms in total. The smallest absolute Gasteiger partial charge is 0.278 e. The zero-order valence-corrected chi connectivity index (χ0v) is 15.1. The van der Waals surface area contributed by atoms with Crippen molar-refractivity contribution in [3.63, 3.8) is 0 Å². The number of aromatic nitrogens is 1. The average Bonchev–Trinajstić information content (AvgIpc) is 2.65. The minimum Gasteiger partial charge on any atom is -0.487 e. The number of ether oxygens (including phenoxy) is 1. The van der Waals surface area contributed by atoms with E-state index in [0.29, 0.717) is 22.8 Å². The van der Waals surface area contributed by atoms with Gasteiger partial charge in [-0.15, -0.1) is 0 Å². The van der Waals surface area contributed by atoms with Gasteiger partial charge in [0.1, 0.15) is 40.5 Å². The molecule has 0 saturated carbocycles. The molecule has 29 heavy (non-hydrogen) atoms. The Balaban J connectivity index is 2.05. The third-order valence-corrected chi connectivity index (χ3v) is 4.31. The summed E-state index contributed by atoms with van der Waals surface area (Å²) in [6.07, 6.45) is 0. The summed E-state index contributed by atoms with van der Waals surface area (Å²) >= 11 is 5.93. The topological polar surface area (TPSA) is 51.5 Å². The number of pyridine rings is 1. The SMILES string of the molecule is O=c1c(Cl)c(OCc2ccc(F)cc2F)cc(CO)n1-c1c(F)cc(F)cc1F. The maximum Gasteiger partial charge on any atom is 0.278 e. The highest BCUT2D eigenvalue weighted by molar-refractivity contribution is 6.31. The van der Waals surface area contributed by atoms with Crippen molar-refractivity contribution < 1.29 is 31.8 Å². The van der Waals surface area contributed by atoms with Crippen LogP contribution in [-0.4, -0.2) is 9.67 Å². The second-order valence-corrected chi connectivity index (χ2v) is 6.23. The van der Waals surface area contributed by atoms with Gasteiger partial charge < -0.3 is 9.84 Å². The predicted octanol–water partition coefficient (Wildman–Crippen LogP) is 4.26. The summed E-state index contributed by atoms with van der Waals surface area (Å²) in [4.78, 5) is 12.6. The van der Waals surface area contributed by atoms with Gasteiger partial charge in [-0.1, -0.05) is 11.6 Å². The minimum atomic E-state index is -1.39. The average molecular weight is 432 g/mol. The van der Waals surface area contributed by atoms with Crippen molar-refractivity contribution in [2.45, 2.75) is 13.2 Å². The van der Waals surface area contributed by atoms with E-state index in [1.165, 1.54) is 0 Å². The van der Waals surface area contributed by atoms with E-state index in [1.54, 1.807) is 0 Å². The third kappa shape index (κ3) is 4.10. The van der Waals surface area contributed by atoms with Crippen molar-refractivity contribution in [1.82, 2.24) is 4.57 Å². The van der Waals surface area contributed by atoms with Crippen LogP contribution in [-0.2, 0) is 13.2 Å². The first-order valence-electron chi connectivity index (χ1n) is 8.00. The van der Waals surface area contributed by atoms with Crippen LogP contribution in [0, 0.1) is 29.1 Å². The molecule has 0 atom stereocenters. The van der Waals surface area contributed by atoms with E-state index in [4.69, 9.17) is 16.3 Å². The summed E-state index contributed by atoms with van der Waals surface area (Å²) in [6, 6.07) is 4.50. The molecule has 0 unspecified atom stereocenters. The zero-order chi connectivity index (χ0) is 21.3. The van der Waals surface area contributed by atoms with Crippen LogP contribution >= 0.6 is 11.6 Å². The van der Waals surface area contributed by atoms with Crippen LogP contribution in [0.15, 0.2) is 41.2 Å². The van der Waals surface area contributed by atoms with Crippen LogP contribution in [0.1, 0.15) is 11.3 Å². The van der Waals surface area contributed by atoms with Crippen LogP contribution in [0.2, 0.25) is 5.02 Å². The molecule has 1 aromatic heterocycles. The van der Waals surface area contributed by atoms with E-state index < -0.39 is 58.6 Å². The highest BCUT2D eigenvalue weighted by Gasteiger charge is 2.22. The molecule has 0 saturated heterocycles. The standard InChI is InChI=1S/C19H11ClF5NO3/c20-17-16(29-8-9-1-2-10(21)3-13(9)23)6-12(7-27)26(19(17)28)18-14(24)4-11(22)5-15(18)25/h1-6,27H,7-8H2. The molecule has 0 spiro atoms. The molecule has 0 aliphatic heterocycles. The Morgan fingerprint density at radius 1 is 0.931 bits per heavy atom. The van der Waals surface area contributed by atoms with E-state index in [1.807, 2.05) is 0 Å². The summed E-state index contributed by atoms with van der Waals surface area (Å²) in [5.74, 6) is -5.97. The molecule has 0 amide bonds. The Hall–Kier alpha value is -2.91. The fourth-order valence-electron chi connectivity index (χ4n) is 2.62. The van der Waals surface area contributed by atoms with Gasteiger partial charge >= 0.3 is 0 Å². The lowest BCUT2D eigenvalue weighted by Crippen LogP contribution is -2.25. The fourth-order valence-corrected chi connectivity index (χ4v) is 2.82. The molecule has 1 heterocycles. The van der Waals surface area contributed by atoms with Gasteiger partial charge in [-0.2, -0.15) is 0 Å². The molecule has 152 valence electrons. The van der Waals surface area contributed by atoms with Gasteiger partial charge in [0.05, 0.1) is 12.3 Å². The molecule has 3 rings (SSSR count). The fraction of sp³-hybridized carbons (Fsp3) is 0.105. The predicted molar refractivity (Wildman–Crippen MR) is 93.5 cm³/mol. The largest absolute Gasteiger partial charge is 0.487 e. The van der Waals surface area contributed by atoms with E-state index in [9.17, 15) is 31.9 Å². The lowest BCUT2D eigenvalue weighted by molar-refractivity contribution is 0.267. The molecule has 0 fully saturated rings. The summed E-state index contributed by atoms with van der Waals surface area (Å²) in [7, 11) is 0. The molecule has 0 radical (unpaired) electrons. The van der Waals surface area contributed by atoms with Crippen LogP contribution in [0.5, 0.6) is 5.75 Å². The molecule has 2 aromatic carbocycles. The van der Waals surface area contributed by atoms with Crippen molar-refractivity contribution in [3.8, 4) is 11.4 Å². The second-order valence-electron chi connectivity index (χ2n) is 5.86. The monoisotopic (exact) mass is 431 g/mol. The number of benzene rings is 2. The highest BCUT2D eigenvalue weighted by Crippen LogP contribution is 2.27. The molecule has 0 aliphatic carbocycles. The van der Waals surface area contributed by atoms with Gasteiger partial charge in [-0.05, 0) is 12.1 Å². The maximum atomic E-state index is 14.1. The Bertz CT molecular complexity index is 1130. The normalized spacial score (nSPS) is 11.0. The zero-order valence-electron chi connectivity index (χ0n) is 14.4. The van der Waals surface area contributed by atoms with Crippen molar-refractivity contribution in [3.05, 3.63) is 92.1 Å². The molecule has 0 aliphatic rings. The number of hydrogen-bond acceptors (Lipinski definition) is 3. The number of halogens is 6. The van der Waals surface area contributed by atoms with Crippen LogP contribution in [0.25, 0.3) is 5.69 Å². The highest BCUT2D eigenvalue weighted by atomic mass is 35.5. The lowest BCUT2D eigenvalue weighted by atomic mass is 10.2. The minimum absolute atomic E-state index is 0.0483. The first-order chi connectivity index (χ1) is 13.7. The van der Waals surface area contributed by atoms with Crippen molar-refractivity contribution >= 4 is 11.6 Å². The van der Waals surface area contributed by atoms with Gasteiger partial charge in [-0.3, -0.25) is 9.36 Å². The lowest BCUT2D eigenvalue weighted by Gasteiger charge is -2.16. The van der Waals surface area contributed by atoms with Gasteiger partial charge in [-0.25, -0.2) is 22.0 Å². The number of aliphatic hydroxyl groups excluding tert-OH is 1. The molecular weight excluding hydrogens is 421 g/mol. The molecule has 1 N–H and O–H groups in total. The van der Waals surface area contributed by atoms with Crippen molar-refractivity contribution in [2.75, 3.05) is 0 Å². The molecule has 0 bridgehead atoms. The Morgan fingerprint density at radius 2 is 1.55 bits per heavy atom. The summed E-state index contributed by atoms with van der Waals surface area (Å²) in [6.45, 7) is -1.30. The van der Waals surface area contributed by atoms with E-state index in [2.05, 4.69) is 0 Å². The summed E-state index contributed by atoms with van der Waals surface area (Å²) in [5, 5.41) is 8.92. The maximum absolute atomic E-state index is 14.1. The Morgan fingerprint density at radius 3 is 2.14 bits per heavy atom. The third-order valence-electron chi connectivity index (χ3n) is 3.96. The van der Waals surface area contributed by atoms with Gasteiger partial charge in [0, 0.05) is 29.8 Å². The Labute approximate surface area is 165 Å². The Kier molecular flexibility index (Phi) is 5.90. The van der Waals surface area contributed by atoms with Crippen LogP contribution in [0.4, 0.5) is 22.0 Å². The second kappa shape index (κ2) is 8.22.